The van der Waals surface area contributed by atoms with E-state index in [1.165, 1.54) is 29.0 Å². The lowest BCUT2D eigenvalue weighted by molar-refractivity contribution is -0.138. The lowest BCUT2D eigenvalue weighted by Gasteiger charge is -2.18. The molecular formula is C23H21F3N2O2S2. The van der Waals surface area contributed by atoms with Crippen LogP contribution >= 0.6 is 23.1 Å². The van der Waals surface area contributed by atoms with Crippen molar-refractivity contribution in [2.75, 3.05) is 18.0 Å². The summed E-state index contributed by atoms with van der Waals surface area (Å²) in [5.41, 5.74) is 3.24. The lowest BCUT2D eigenvalue weighted by atomic mass is 10.1. The normalized spacial score (nSPS) is 13.4. The number of aryl methyl sites for hydroxylation is 1. The number of alkyl halides is 3. The quantitative estimate of drug-likeness (QED) is 0.406. The van der Waals surface area contributed by atoms with Crippen LogP contribution in [0.3, 0.4) is 0 Å². The first-order valence-electron chi connectivity index (χ1n) is 10.1. The van der Waals surface area contributed by atoms with Gasteiger partial charge >= 0.3 is 12.1 Å². The van der Waals surface area contributed by atoms with Gasteiger partial charge in [-0.05, 0) is 49.2 Å². The number of halogens is 3. The fourth-order valence-electron chi connectivity index (χ4n) is 3.64. The summed E-state index contributed by atoms with van der Waals surface area (Å²) in [7, 11) is 0. The molecule has 0 fully saturated rings. The Labute approximate surface area is 192 Å². The van der Waals surface area contributed by atoms with Gasteiger partial charge in [0.1, 0.15) is 5.01 Å². The molecule has 3 aromatic rings. The molecule has 4 nitrogen and oxygen atoms in total. The standard InChI is InChI=1S/C23H21F3N2O2S2/c1-14-20(32-22(27-14)15-2-4-17(5-3-15)23(24,25)26)13-31-18-6-7-19-16(12-18)8-10-28(19)11-9-21(29)30/h2-7,12H,8-11,13H2,1H3,(H,29,30). The minimum absolute atomic E-state index is 0.127. The molecule has 1 aliphatic rings. The van der Waals surface area contributed by atoms with Crippen molar-refractivity contribution in [3.8, 4) is 10.6 Å². The number of benzene rings is 2. The molecule has 2 heterocycles. The van der Waals surface area contributed by atoms with Crippen LogP contribution < -0.4 is 4.90 Å². The Balaban J connectivity index is 1.42. The van der Waals surface area contributed by atoms with Gasteiger partial charge in [0.25, 0.3) is 0 Å². The number of hydrogen-bond acceptors (Lipinski definition) is 5. The second-order valence-corrected chi connectivity index (χ2v) is 9.70. The summed E-state index contributed by atoms with van der Waals surface area (Å²) in [5, 5.41) is 9.62. The van der Waals surface area contributed by atoms with Gasteiger partial charge in [-0.1, -0.05) is 12.1 Å². The highest BCUT2D eigenvalue weighted by molar-refractivity contribution is 7.98. The maximum absolute atomic E-state index is 12.8. The van der Waals surface area contributed by atoms with E-state index < -0.39 is 17.7 Å². The lowest BCUT2D eigenvalue weighted by Crippen LogP contribution is -2.23. The molecule has 2 aromatic carbocycles. The van der Waals surface area contributed by atoms with E-state index in [9.17, 15) is 18.0 Å². The van der Waals surface area contributed by atoms with Crippen molar-refractivity contribution >= 4 is 34.8 Å². The summed E-state index contributed by atoms with van der Waals surface area (Å²) < 4.78 is 38.4. The third kappa shape index (κ3) is 5.10. The zero-order valence-corrected chi connectivity index (χ0v) is 18.9. The average Bonchev–Trinajstić information content (AvgIpc) is 3.33. The van der Waals surface area contributed by atoms with Gasteiger partial charge in [-0.15, -0.1) is 23.1 Å². The number of carboxylic acids is 1. The van der Waals surface area contributed by atoms with E-state index in [4.69, 9.17) is 5.11 Å². The number of nitrogens with zero attached hydrogens (tertiary/aromatic N) is 2. The topological polar surface area (TPSA) is 53.4 Å². The molecule has 1 aromatic heterocycles. The molecule has 0 bridgehead atoms. The molecule has 0 saturated carbocycles. The number of fused-ring (bicyclic) bond motifs is 1. The smallest absolute Gasteiger partial charge is 0.416 e. The molecule has 0 aliphatic carbocycles. The number of aromatic nitrogens is 1. The molecule has 0 atom stereocenters. The van der Waals surface area contributed by atoms with E-state index in [1.54, 1.807) is 11.8 Å². The van der Waals surface area contributed by atoms with E-state index in [0.29, 0.717) is 12.1 Å². The SMILES string of the molecule is Cc1nc(-c2ccc(C(F)(F)F)cc2)sc1CSc1ccc2c(c1)CCN2CCC(=O)O. The first-order valence-corrected chi connectivity index (χ1v) is 11.9. The summed E-state index contributed by atoms with van der Waals surface area (Å²) in [4.78, 5) is 19.7. The van der Waals surface area contributed by atoms with E-state index in [2.05, 4.69) is 28.1 Å². The highest BCUT2D eigenvalue weighted by Gasteiger charge is 2.30. The molecule has 4 rings (SSSR count). The van der Waals surface area contributed by atoms with Gasteiger partial charge in [-0.2, -0.15) is 13.2 Å². The fourth-order valence-corrected chi connectivity index (χ4v) is 5.81. The van der Waals surface area contributed by atoms with E-state index in [-0.39, 0.29) is 6.42 Å². The van der Waals surface area contributed by atoms with Gasteiger partial charge in [0.15, 0.2) is 0 Å². The van der Waals surface area contributed by atoms with Crippen molar-refractivity contribution in [3.63, 3.8) is 0 Å². The fraction of sp³-hybridized carbons (Fsp3) is 0.304. The first kappa shape index (κ1) is 22.7. The first-order chi connectivity index (χ1) is 15.2. The number of thiazole rings is 1. The van der Waals surface area contributed by atoms with Crippen LogP contribution in [0.4, 0.5) is 18.9 Å². The van der Waals surface area contributed by atoms with Gasteiger partial charge in [0, 0.05) is 39.9 Å². The molecule has 1 N–H and O–H groups in total. The highest BCUT2D eigenvalue weighted by atomic mass is 32.2. The Morgan fingerprint density at radius 2 is 1.97 bits per heavy atom. The maximum atomic E-state index is 12.8. The van der Waals surface area contributed by atoms with Gasteiger partial charge in [-0.3, -0.25) is 4.79 Å². The Hall–Kier alpha value is -2.52. The Bertz CT molecular complexity index is 1130. The summed E-state index contributed by atoms with van der Waals surface area (Å²) >= 11 is 3.20. The van der Waals surface area contributed by atoms with Gasteiger partial charge in [-0.25, -0.2) is 4.98 Å². The van der Waals surface area contributed by atoms with E-state index >= 15 is 0 Å². The average molecular weight is 479 g/mol. The Morgan fingerprint density at radius 3 is 2.66 bits per heavy atom. The van der Waals surface area contributed by atoms with E-state index in [1.807, 2.05) is 6.92 Å². The van der Waals surface area contributed by atoms with Crippen LogP contribution in [-0.4, -0.2) is 29.1 Å². The second-order valence-electron chi connectivity index (χ2n) is 7.56. The summed E-state index contributed by atoms with van der Waals surface area (Å²) in [6, 6.07) is 11.4. The van der Waals surface area contributed by atoms with Crippen LogP contribution in [-0.2, 0) is 23.1 Å². The van der Waals surface area contributed by atoms with Crippen LogP contribution in [0.1, 0.15) is 28.1 Å². The second kappa shape index (κ2) is 9.15. The van der Waals surface area contributed by atoms with Crippen molar-refractivity contribution < 1.29 is 23.1 Å². The van der Waals surface area contributed by atoms with Gasteiger partial charge in [0.05, 0.1) is 17.7 Å². The van der Waals surface area contributed by atoms with Crippen molar-refractivity contribution in [2.45, 2.75) is 36.6 Å². The van der Waals surface area contributed by atoms with E-state index in [0.717, 1.165) is 57.0 Å². The number of aliphatic carboxylic acids is 1. The van der Waals surface area contributed by atoms with Crippen molar-refractivity contribution in [2.24, 2.45) is 0 Å². The molecule has 0 amide bonds. The maximum Gasteiger partial charge on any atom is 0.416 e. The van der Waals surface area contributed by atoms with Crippen molar-refractivity contribution in [1.29, 1.82) is 0 Å². The molecule has 0 radical (unpaired) electrons. The molecule has 9 heteroatoms. The third-order valence-electron chi connectivity index (χ3n) is 5.36. The molecule has 168 valence electrons. The molecule has 32 heavy (non-hydrogen) atoms. The number of rotatable bonds is 7. The summed E-state index contributed by atoms with van der Waals surface area (Å²) in [6.45, 7) is 3.27. The molecule has 1 aliphatic heterocycles. The predicted molar refractivity (Wildman–Crippen MR) is 121 cm³/mol. The number of carboxylic acid groups (broad SMARTS) is 1. The van der Waals surface area contributed by atoms with Gasteiger partial charge < -0.3 is 10.0 Å². The van der Waals surface area contributed by atoms with Gasteiger partial charge in [0.2, 0.25) is 0 Å². The summed E-state index contributed by atoms with van der Waals surface area (Å²) in [5.74, 6) is -0.0627. The number of hydrogen-bond donors (Lipinski definition) is 1. The predicted octanol–water partition coefficient (Wildman–Crippen LogP) is 6.27. The van der Waals surface area contributed by atoms with Crippen LogP contribution in [0, 0.1) is 6.92 Å². The Kier molecular flexibility index (Phi) is 6.48. The van der Waals surface area contributed by atoms with Crippen LogP contribution in [0.5, 0.6) is 0 Å². The minimum Gasteiger partial charge on any atom is -0.481 e. The molecule has 0 saturated heterocycles. The van der Waals surface area contributed by atoms with Crippen LogP contribution in [0.15, 0.2) is 47.4 Å². The van der Waals surface area contributed by atoms with Crippen LogP contribution in [0.2, 0.25) is 0 Å². The van der Waals surface area contributed by atoms with Crippen LogP contribution in [0.25, 0.3) is 10.6 Å². The number of anilines is 1. The largest absolute Gasteiger partial charge is 0.481 e. The van der Waals surface area contributed by atoms with Crippen molar-refractivity contribution in [1.82, 2.24) is 4.98 Å². The molecular weight excluding hydrogens is 457 g/mol. The summed E-state index contributed by atoms with van der Waals surface area (Å²) in [6.07, 6.45) is -3.31. The molecule has 0 unspecified atom stereocenters. The van der Waals surface area contributed by atoms with Crippen molar-refractivity contribution in [3.05, 3.63) is 64.2 Å². The number of carbonyl (C=O) groups is 1. The molecule has 0 spiro atoms. The minimum atomic E-state index is -4.34. The Morgan fingerprint density at radius 1 is 1.22 bits per heavy atom. The third-order valence-corrected chi connectivity index (χ3v) is 7.77. The zero-order valence-electron chi connectivity index (χ0n) is 17.3. The number of thioether (sulfide) groups is 1. The zero-order chi connectivity index (χ0) is 22.9. The monoisotopic (exact) mass is 478 g/mol. The highest BCUT2D eigenvalue weighted by Crippen LogP contribution is 2.37.